The topological polar surface area (TPSA) is 73.8 Å². The van der Waals surface area contributed by atoms with Crippen molar-refractivity contribution in [2.75, 3.05) is 0 Å². The SMILES string of the molecule is Cc1cc([N+](=O)[O-])ccc1-n1cc(CBr)nn1. The molecule has 0 N–H and O–H groups in total. The van der Waals surface area contributed by atoms with E-state index < -0.39 is 4.92 Å². The molecular weight excluding hydrogens is 288 g/mol. The zero-order valence-electron chi connectivity index (χ0n) is 9.00. The quantitative estimate of drug-likeness (QED) is 0.495. The summed E-state index contributed by atoms with van der Waals surface area (Å²) in [6, 6.07) is 4.64. The van der Waals surface area contributed by atoms with Gasteiger partial charge in [0.2, 0.25) is 0 Å². The highest BCUT2D eigenvalue weighted by molar-refractivity contribution is 9.08. The predicted molar refractivity (Wildman–Crippen MR) is 65.4 cm³/mol. The first-order chi connectivity index (χ1) is 8.11. The third-order valence-electron chi connectivity index (χ3n) is 2.32. The molecule has 0 radical (unpaired) electrons. The smallest absolute Gasteiger partial charge is 0.258 e. The number of halogens is 1. The highest BCUT2D eigenvalue weighted by atomic mass is 79.9. The lowest BCUT2D eigenvalue weighted by atomic mass is 10.2. The predicted octanol–water partition coefficient (Wildman–Crippen LogP) is 2.38. The Labute approximate surface area is 106 Å². The Hall–Kier alpha value is -1.76. The van der Waals surface area contributed by atoms with Gasteiger partial charge in [-0.05, 0) is 18.6 Å². The number of nitro groups is 1. The van der Waals surface area contributed by atoms with Crippen molar-refractivity contribution in [2.45, 2.75) is 12.3 Å². The van der Waals surface area contributed by atoms with Crippen LogP contribution in [0.25, 0.3) is 5.69 Å². The standard InChI is InChI=1S/C10H9BrN4O2/c1-7-4-9(15(16)17)2-3-10(7)14-6-8(5-11)12-13-14/h2-4,6H,5H2,1H3. The van der Waals surface area contributed by atoms with Gasteiger partial charge in [0, 0.05) is 17.5 Å². The molecule has 17 heavy (non-hydrogen) atoms. The summed E-state index contributed by atoms with van der Waals surface area (Å²) in [7, 11) is 0. The molecule has 0 aliphatic heterocycles. The second kappa shape index (κ2) is 4.62. The van der Waals surface area contributed by atoms with Crippen molar-refractivity contribution < 1.29 is 4.92 Å². The molecule has 0 aliphatic carbocycles. The molecule has 2 aromatic rings. The number of non-ortho nitro benzene ring substituents is 1. The zero-order chi connectivity index (χ0) is 12.4. The van der Waals surface area contributed by atoms with E-state index in [1.54, 1.807) is 23.9 Å². The Morgan fingerprint density at radius 3 is 2.82 bits per heavy atom. The van der Waals surface area contributed by atoms with Gasteiger partial charge in [-0.1, -0.05) is 21.1 Å². The fourth-order valence-electron chi connectivity index (χ4n) is 1.49. The minimum absolute atomic E-state index is 0.0760. The van der Waals surface area contributed by atoms with Gasteiger partial charge >= 0.3 is 0 Å². The first-order valence-electron chi connectivity index (χ1n) is 4.84. The van der Waals surface area contributed by atoms with E-state index in [-0.39, 0.29) is 5.69 Å². The summed E-state index contributed by atoms with van der Waals surface area (Å²) in [5, 5.41) is 19.1. The van der Waals surface area contributed by atoms with Crippen molar-refractivity contribution >= 4 is 21.6 Å². The summed E-state index contributed by atoms with van der Waals surface area (Å²) < 4.78 is 1.61. The normalized spacial score (nSPS) is 10.5. The second-order valence-electron chi connectivity index (χ2n) is 3.52. The van der Waals surface area contributed by atoms with Crippen LogP contribution >= 0.6 is 15.9 Å². The minimum atomic E-state index is -0.415. The van der Waals surface area contributed by atoms with Gasteiger partial charge < -0.3 is 0 Å². The summed E-state index contributed by atoms with van der Waals surface area (Å²) in [5.41, 5.74) is 2.45. The third-order valence-corrected chi connectivity index (χ3v) is 2.89. The summed E-state index contributed by atoms with van der Waals surface area (Å²) >= 11 is 3.29. The molecule has 7 heteroatoms. The Balaban J connectivity index is 2.42. The maximum Gasteiger partial charge on any atom is 0.269 e. The molecule has 0 saturated carbocycles. The molecule has 6 nitrogen and oxygen atoms in total. The average molecular weight is 297 g/mol. The molecule has 0 bridgehead atoms. The number of aromatic nitrogens is 3. The lowest BCUT2D eigenvalue weighted by Crippen LogP contribution is -1.99. The van der Waals surface area contributed by atoms with E-state index in [1.165, 1.54) is 12.1 Å². The molecule has 2 rings (SSSR count). The molecule has 0 amide bonds. The van der Waals surface area contributed by atoms with Crippen molar-refractivity contribution in [3.05, 3.63) is 45.8 Å². The largest absolute Gasteiger partial charge is 0.269 e. The molecule has 88 valence electrons. The number of hydrogen-bond donors (Lipinski definition) is 0. The monoisotopic (exact) mass is 296 g/mol. The first-order valence-corrected chi connectivity index (χ1v) is 5.96. The van der Waals surface area contributed by atoms with Gasteiger partial charge in [-0.25, -0.2) is 4.68 Å². The maximum atomic E-state index is 10.6. The van der Waals surface area contributed by atoms with Crippen LogP contribution < -0.4 is 0 Å². The van der Waals surface area contributed by atoms with Crippen LogP contribution in [0, 0.1) is 17.0 Å². The van der Waals surface area contributed by atoms with Crippen LogP contribution in [0.3, 0.4) is 0 Å². The molecule has 0 atom stereocenters. The number of hydrogen-bond acceptors (Lipinski definition) is 4. The molecule has 1 aromatic heterocycles. The van der Waals surface area contributed by atoms with E-state index in [1.807, 2.05) is 0 Å². The molecule has 0 spiro atoms. The number of nitro benzene ring substituents is 1. The van der Waals surface area contributed by atoms with E-state index in [0.29, 0.717) is 5.33 Å². The Bertz CT molecular complexity index is 567. The Morgan fingerprint density at radius 2 is 2.29 bits per heavy atom. The summed E-state index contributed by atoms with van der Waals surface area (Å²) in [4.78, 5) is 10.2. The number of nitrogens with zero attached hydrogens (tertiary/aromatic N) is 4. The van der Waals surface area contributed by atoms with Crippen LogP contribution in [0.5, 0.6) is 0 Å². The van der Waals surface area contributed by atoms with Crippen molar-refractivity contribution in [1.82, 2.24) is 15.0 Å². The van der Waals surface area contributed by atoms with Gasteiger partial charge in [-0.15, -0.1) is 5.10 Å². The summed E-state index contributed by atoms with van der Waals surface area (Å²) in [6.07, 6.45) is 1.78. The van der Waals surface area contributed by atoms with Crippen LogP contribution in [-0.4, -0.2) is 19.9 Å². The molecular formula is C10H9BrN4O2. The lowest BCUT2D eigenvalue weighted by molar-refractivity contribution is -0.384. The van der Waals surface area contributed by atoms with E-state index in [0.717, 1.165) is 16.9 Å². The van der Waals surface area contributed by atoms with Crippen molar-refractivity contribution in [3.8, 4) is 5.69 Å². The van der Waals surface area contributed by atoms with E-state index >= 15 is 0 Å². The van der Waals surface area contributed by atoms with Gasteiger partial charge in [0.1, 0.15) is 0 Å². The highest BCUT2D eigenvalue weighted by Crippen LogP contribution is 2.20. The zero-order valence-corrected chi connectivity index (χ0v) is 10.6. The van der Waals surface area contributed by atoms with Crippen LogP contribution in [0.2, 0.25) is 0 Å². The molecule has 1 heterocycles. The summed E-state index contributed by atoms with van der Waals surface area (Å²) in [6.45, 7) is 1.80. The Kier molecular flexibility index (Phi) is 3.19. The molecule has 0 unspecified atom stereocenters. The maximum absolute atomic E-state index is 10.6. The lowest BCUT2D eigenvalue weighted by Gasteiger charge is -2.03. The van der Waals surface area contributed by atoms with Crippen LogP contribution in [0.1, 0.15) is 11.3 Å². The summed E-state index contributed by atoms with van der Waals surface area (Å²) in [5.74, 6) is 0. The molecule has 0 saturated heterocycles. The van der Waals surface area contributed by atoms with Crippen LogP contribution in [0.4, 0.5) is 5.69 Å². The van der Waals surface area contributed by atoms with Crippen molar-refractivity contribution in [1.29, 1.82) is 0 Å². The van der Waals surface area contributed by atoms with E-state index in [9.17, 15) is 10.1 Å². The minimum Gasteiger partial charge on any atom is -0.258 e. The van der Waals surface area contributed by atoms with Crippen molar-refractivity contribution in [3.63, 3.8) is 0 Å². The average Bonchev–Trinajstić information content (AvgIpc) is 2.77. The molecule has 1 aromatic carbocycles. The van der Waals surface area contributed by atoms with Gasteiger partial charge in [0.05, 0.1) is 22.5 Å². The van der Waals surface area contributed by atoms with Gasteiger partial charge in [-0.3, -0.25) is 10.1 Å². The number of benzene rings is 1. The van der Waals surface area contributed by atoms with E-state index in [2.05, 4.69) is 26.2 Å². The third kappa shape index (κ3) is 2.33. The molecule has 0 aliphatic rings. The van der Waals surface area contributed by atoms with Gasteiger partial charge in [-0.2, -0.15) is 0 Å². The van der Waals surface area contributed by atoms with Gasteiger partial charge in [0.15, 0.2) is 0 Å². The number of rotatable bonds is 3. The first kappa shape index (κ1) is 11.7. The number of aryl methyl sites for hydroxylation is 1. The van der Waals surface area contributed by atoms with Gasteiger partial charge in [0.25, 0.3) is 5.69 Å². The Morgan fingerprint density at radius 1 is 1.53 bits per heavy atom. The van der Waals surface area contributed by atoms with Crippen LogP contribution in [-0.2, 0) is 5.33 Å². The highest BCUT2D eigenvalue weighted by Gasteiger charge is 2.10. The molecule has 0 fully saturated rings. The second-order valence-corrected chi connectivity index (χ2v) is 4.08. The fraction of sp³-hybridized carbons (Fsp3) is 0.200. The van der Waals surface area contributed by atoms with Crippen LogP contribution in [0.15, 0.2) is 24.4 Å². The van der Waals surface area contributed by atoms with Crippen molar-refractivity contribution in [2.24, 2.45) is 0 Å². The number of alkyl halides is 1. The fourth-order valence-corrected chi connectivity index (χ4v) is 1.74. The van der Waals surface area contributed by atoms with E-state index in [4.69, 9.17) is 0 Å².